The molecule has 0 unspecified atom stereocenters. The third-order valence-corrected chi connectivity index (χ3v) is 5.54. The standard InChI is InChI=1S/C24H25N3O2/c1-4-10-20-22-25-19-14-9-8-13-18(19)23(28)27(22)21(16(2)3)24(29)26(20)15-17-11-6-5-7-12-17/h4-9,11-14,16,20-21H,1,10,15H2,2-3H3/t20-,21+/m1/s1. The zero-order chi connectivity index (χ0) is 20.5. The maximum Gasteiger partial charge on any atom is 0.262 e. The first-order chi connectivity index (χ1) is 14.0. The molecule has 0 radical (unpaired) electrons. The van der Waals surface area contributed by atoms with Crippen LogP contribution >= 0.6 is 0 Å². The number of rotatable bonds is 5. The summed E-state index contributed by atoms with van der Waals surface area (Å²) in [6.45, 7) is 8.31. The molecule has 0 fully saturated rings. The Morgan fingerprint density at radius 2 is 1.76 bits per heavy atom. The van der Waals surface area contributed by atoms with Crippen molar-refractivity contribution in [3.8, 4) is 0 Å². The Morgan fingerprint density at radius 3 is 2.45 bits per heavy atom. The second-order valence-electron chi connectivity index (χ2n) is 7.84. The fourth-order valence-corrected chi connectivity index (χ4v) is 4.18. The number of hydrogen-bond donors (Lipinski definition) is 0. The Hall–Kier alpha value is -3.21. The number of amides is 1. The van der Waals surface area contributed by atoms with Crippen molar-refractivity contribution in [1.82, 2.24) is 14.5 Å². The summed E-state index contributed by atoms with van der Waals surface area (Å²) in [5, 5.41) is 0.545. The number of carbonyl (C=O) groups is 1. The van der Waals surface area contributed by atoms with E-state index in [1.165, 1.54) is 0 Å². The first-order valence-corrected chi connectivity index (χ1v) is 9.99. The van der Waals surface area contributed by atoms with Crippen LogP contribution in [0.2, 0.25) is 0 Å². The molecule has 0 spiro atoms. The van der Waals surface area contributed by atoms with Gasteiger partial charge in [-0.3, -0.25) is 14.2 Å². The van der Waals surface area contributed by atoms with Gasteiger partial charge in [0.25, 0.3) is 5.56 Å². The lowest BCUT2D eigenvalue weighted by molar-refractivity contribution is -0.142. The van der Waals surface area contributed by atoms with Crippen molar-refractivity contribution in [2.24, 2.45) is 5.92 Å². The Morgan fingerprint density at radius 1 is 1.07 bits per heavy atom. The van der Waals surface area contributed by atoms with Gasteiger partial charge in [-0.2, -0.15) is 0 Å². The smallest absolute Gasteiger partial charge is 0.262 e. The average molecular weight is 387 g/mol. The van der Waals surface area contributed by atoms with Crippen LogP contribution in [-0.4, -0.2) is 20.4 Å². The molecular weight excluding hydrogens is 362 g/mol. The predicted octanol–water partition coefficient (Wildman–Crippen LogP) is 4.25. The Balaban J connectivity index is 1.95. The van der Waals surface area contributed by atoms with Gasteiger partial charge in [-0.1, -0.05) is 62.4 Å². The molecule has 148 valence electrons. The highest BCUT2D eigenvalue weighted by Crippen LogP contribution is 2.36. The van der Waals surface area contributed by atoms with Gasteiger partial charge in [0.15, 0.2) is 0 Å². The molecule has 3 aromatic rings. The highest BCUT2D eigenvalue weighted by atomic mass is 16.2. The van der Waals surface area contributed by atoms with Crippen LogP contribution in [0.15, 0.2) is 72.0 Å². The summed E-state index contributed by atoms with van der Waals surface area (Å²) < 4.78 is 1.63. The Bertz CT molecular complexity index is 1120. The van der Waals surface area contributed by atoms with Crippen LogP contribution in [0.5, 0.6) is 0 Å². The highest BCUT2D eigenvalue weighted by molar-refractivity contribution is 5.84. The molecule has 2 heterocycles. The summed E-state index contributed by atoms with van der Waals surface area (Å²) in [6, 6.07) is 16.4. The van der Waals surface area contributed by atoms with E-state index in [1.807, 2.05) is 67.3 Å². The van der Waals surface area contributed by atoms with E-state index in [0.29, 0.717) is 29.7 Å². The number of fused-ring (bicyclic) bond motifs is 2. The van der Waals surface area contributed by atoms with Gasteiger partial charge in [-0.25, -0.2) is 4.98 Å². The van der Waals surface area contributed by atoms with Gasteiger partial charge in [0.05, 0.1) is 16.9 Å². The summed E-state index contributed by atoms with van der Waals surface area (Å²) in [7, 11) is 0. The van der Waals surface area contributed by atoms with Crippen LogP contribution in [-0.2, 0) is 11.3 Å². The molecule has 0 N–H and O–H groups in total. The van der Waals surface area contributed by atoms with Crippen LogP contribution in [0, 0.1) is 5.92 Å². The molecule has 0 saturated heterocycles. The van der Waals surface area contributed by atoms with E-state index in [2.05, 4.69) is 6.58 Å². The number of aromatic nitrogens is 2. The molecule has 0 saturated carbocycles. The first-order valence-electron chi connectivity index (χ1n) is 9.99. The summed E-state index contributed by atoms with van der Waals surface area (Å²) in [6.07, 6.45) is 2.32. The highest BCUT2D eigenvalue weighted by Gasteiger charge is 2.42. The molecule has 4 rings (SSSR count). The minimum absolute atomic E-state index is 0.0372. The van der Waals surface area contributed by atoms with E-state index in [0.717, 1.165) is 5.56 Å². The van der Waals surface area contributed by atoms with Crippen molar-refractivity contribution < 1.29 is 4.79 Å². The fraction of sp³-hybridized carbons (Fsp3) is 0.292. The largest absolute Gasteiger partial charge is 0.326 e. The van der Waals surface area contributed by atoms with Crippen LogP contribution in [0.25, 0.3) is 10.9 Å². The van der Waals surface area contributed by atoms with Crippen molar-refractivity contribution in [3.05, 3.63) is 89.0 Å². The van der Waals surface area contributed by atoms with Crippen molar-refractivity contribution in [2.45, 2.75) is 38.9 Å². The molecule has 2 aromatic carbocycles. The lowest BCUT2D eigenvalue weighted by Crippen LogP contribution is -2.51. The second-order valence-corrected chi connectivity index (χ2v) is 7.84. The third-order valence-electron chi connectivity index (χ3n) is 5.54. The van der Waals surface area contributed by atoms with Gasteiger partial charge < -0.3 is 4.90 Å². The molecule has 0 bridgehead atoms. The normalized spacial score (nSPS) is 18.9. The van der Waals surface area contributed by atoms with E-state index in [4.69, 9.17) is 4.98 Å². The lowest BCUT2D eigenvalue weighted by Gasteiger charge is -2.42. The summed E-state index contributed by atoms with van der Waals surface area (Å²) in [4.78, 5) is 33.7. The SMILES string of the molecule is C=CC[C@@H]1c2nc3ccccc3c(=O)n2[C@@H](C(C)C)C(=O)N1Cc1ccccc1. The lowest BCUT2D eigenvalue weighted by atomic mass is 9.95. The number of carbonyl (C=O) groups excluding carboxylic acids is 1. The minimum Gasteiger partial charge on any atom is -0.326 e. The van der Waals surface area contributed by atoms with Crippen molar-refractivity contribution >= 4 is 16.8 Å². The number of para-hydroxylation sites is 1. The zero-order valence-corrected chi connectivity index (χ0v) is 16.8. The van der Waals surface area contributed by atoms with Crippen LogP contribution in [0.3, 0.4) is 0 Å². The number of hydrogen-bond acceptors (Lipinski definition) is 3. The Kier molecular flexibility index (Phi) is 5.05. The van der Waals surface area contributed by atoms with Gasteiger partial charge >= 0.3 is 0 Å². The molecule has 1 aliphatic heterocycles. The molecule has 0 aliphatic carbocycles. The van der Waals surface area contributed by atoms with Gasteiger partial charge in [-0.05, 0) is 30.0 Å². The monoisotopic (exact) mass is 387 g/mol. The van der Waals surface area contributed by atoms with E-state index >= 15 is 0 Å². The molecular formula is C24H25N3O2. The maximum absolute atomic E-state index is 13.6. The van der Waals surface area contributed by atoms with Gasteiger partial charge in [0, 0.05) is 6.54 Å². The topological polar surface area (TPSA) is 55.2 Å². The summed E-state index contributed by atoms with van der Waals surface area (Å²) in [5.41, 5.74) is 1.56. The third kappa shape index (κ3) is 3.27. The van der Waals surface area contributed by atoms with Crippen LogP contribution < -0.4 is 5.56 Å². The van der Waals surface area contributed by atoms with Crippen molar-refractivity contribution in [3.63, 3.8) is 0 Å². The van der Waals surface area contributed by atoms with Crippen molar-refractivity contribution in [1.29, 1.82) is 0 Å². The van der Waals surface area contributed by atoms with Crippen molar-refractivity contribution in [2.75, 3.05) is 0 Å². The predicted molar refractivity (Wildman–Crippen MR) is 114 cm³/mol. The van der Waals surface area contributed by atoms with E-state index < -0.39 is 6.04 Å². The quantitative estimate of drug-likeness (QED) is 0.615. The Labute approximate surface area is 170 Å². The first kappa shape index (κ1) is 19.1. The average Bonchev–Trinajstić information content (AvgIpc) is 2.72. The van der Waals surface area contributed by atoms with E-state index in [1.54, 1.807) is 16.7 Å². The molecule has 29 heavy (non-hydrogen) atoms. The maximum atomic E-state index is 13.6. The van der Waals surface area contributed by atoms with Gasteiger partial charge in [0.2, 0.25) is 5.91 Å². The molecule has 1 aromatic heterocycles. The minimum atomic E-state index is -0.570. The molecule has 1 aliphatic rings. The van der Waals surface area contributed by atoms with E-state index in [9.17, 15) is 9.59 Å². The van der Waals surface area contributed by atoms with Crippen LogP contribution in [0.4, 0.5) is 0 Å². The zero-order valence-electron chi connectivity index (χ0n) is 16.8. The van der Waals surface area contributed by atoms with Gasteiger partial charge in [0.1, 0.15) is 11.9 Å². The summed E-state index contributed by atoms with van der Waals surface area (Å²) >= 11 is 0. The molecule has 2 atom stereocenters. The number of nitrogens with zero attached hydrogens (tertiary/aromatic N) is 3. The number of benzene rings is 2. The van der Waals surface area contributed by atoms with E-state index in [-0.39, 0.29) is 23.4 Å². The molecule has 1 amide bonds. The summed E-state index contributed by atoms with van der Waals surface area (Å²) in [5.74, 6) is 0.565. The second kappa shape index (κ2) is 7.66. The molecule has 5 heteroatoms. The van der Waals surface area contributed by atoms with Crippen LogP contribution in [0.1, 0.15) is 43.7 Å². The van der Waals surface area contributed by atoms with Gasteiger partial charge in [-0.15, -0.1) is 6.58 Å². The fourth-order valence-electron chi connectivity index (χ4n) is 4.18. The molecule has 5 nitrogen and oxygen atoms in total.